The van der Waals surface area contributed by atoms with Gasteiger partial charge in [0.25, 0.3) is 0 Å². The number of rotatable bonds is 7. The molecular formula is C16H25NO2. The molecule has 1 rings (SSSR count). The van der Waals surface area contributed by atoms with Crippen molar-refractivity contribution in [2.24, 2.45) is 11.8 Å². The molecule has 0 radical (unpaired) electrons. The second-order valence-corrected chi connectivity index (χ2v) is 5.72. The molecule has 0 aliphatic carbocycles. The van der Waals surface area contributed by atoms with Gasteiger partial charge in [-0.3, -0.25) is 4.79 Å². The highest BCUT2D eigenvalue weighted by Crippen LogP contribution is 2.15. The van der Waals surface area contributed by atoms with Crippen molar-refractivity contribution < 1.29 is 9.90 Å². The van der Waals surface area contributed by atoms with Gasteiger partial charge < -0.3 is 10.4 Å². The van der Waals surface area contributed by atoms with Crippen molar-refractivity contribution in [2.75, 3.05) is 6.54 Å². The van der Waals surface area contributed by atoms with Gasteiger partial charge in [0.1, 0.15) is 0 Å². The summed E-state index contributed by atoms with van der Waals surface area (Å²) in [5, 5.41) is 12.3. The molecule has 1 atom stereocenters. The van der Waals surface area contributed by atoms with E-state index in [0.717, 1.165) is 6.54 Å². The van der Waals surface area contributed by atoms with Crippen LogP contribution in [0.3, 0.4) is 0 Å². The van der Waals surface area contributed by atoms with E-state index >= 15 is 0 Å². The summed E-state index contributed by atoms with van der Waals surface area (Å²) in [6.45, 7) is 9.46. The van der Waals surface area contributed by atoms with Gasteiger partial charge in [-0.05, 0) is 23.0 Å². The van der Waals surface area contributed by atoms with Crippen LogP contribution in [0.4, 0.5) is 0 Å². The average Bonchev–Trinajstić information content (AvgIpc) is 2.34. The Balaban J connectivity index is 2.46. The Bertz CT molecular complexity index is 396. The molecule has 106 valence electrons. The SMILES string of the molecule is CC(C)c1ccc(CNCC(C(=O)O)C(C)C)cc1. The first-order valence-electron chi connectivity index (χ1n) is 6.94. The molecule has 1 aromatic rings. The van der Waals surface area contributed by atoms with Gasteiger partial charge in [-0.2, -0.15) is 0 Å². The molecule has 0 saturated heterocycles. The highest BCUT2D eigenvalue weighted by Gasteiger charge is 2.20. The fraction of sp³-hybridized carbons (Fsp3) is 0.562. The maximum atomic E-state index is 11.1. The summed E-state index contributed by atoms with van der Waals surface area (Å²) < 4.78 is 0. The van der Waals surface area contributed by atoms with E-state index in [-0.39, 0.29) is 11.8 Å². The van der Waals surface area contributed by atoms with Crippen molar-refractivity contribution in [3.63, 3.8) is 0 Å². The normalized spacial score (nSPS) is 12.9. The molecule has 0 spiro atoms. The van der Waals surface area contributed by atoms with Crippen LogP contribution in [0.2, 0.25) is 0 Å². The van der Waals surface area contributed by atoms with Gasteiger partial charge in [-0.1, -0.05) is 52.0 Å². The highest BCUT2D eigenvalue weighted by atomic mass is 16.4. The number of benzene rings is 1. The summed E-state index contributed by atoms with van der Waals surface area (Å²) >= 11 is 0. The predicted octanol–water partition coefficient (Wildman–Crippen LogP) is 3.26. The summed E-state index contributed by atoms with van der Waals surface area (Å²) in [7, 11) is 0. The molecule has 1 aromatic carbocycles. The lowest BCUT2D eigenvalue weighted by atomic mass is 9.96. The van der Waals surface area contributed by atoms with Crippen molar-refractivity contribution in [1.82, 2.24) is 5.32 Å². The van der Waals surface area contributed by atoms with Crippen LogP contribution in [0.5, 0.6) is 0 Å². The van der Waals surface area contributed by atoms with Crippen molar-refractivity contribution in [3.8, 4) is 0 Å². The van der Waals surface area contributed by atoms with Crippen molar-refractivity contribution in [2.45, 2.75) is 40.2 Å². The molecule has 0 aliphatic rings. The lowest BCUT2D eigenvalue weighted by Gasteiger charge is -2.17. The number of nitrogens with one attached hydrogen (secondary N) is 1. The highest BCUT2D eigenvalue weighted by molar-refractivity contribution is 5.70. The Morgan fingerprint density at radius 2 is 1.74 bits per heavy atom. The quantitative estimate of drug-likeness (QED) is 0.794. The summed E-state index contributed by atoms with van der Waals surface area (Å²) in [5.74, 6) is -0.361. The Hall–Kier alpha value is -1.35. The fourth-order valence-electron chi connectivity index (χ4n) is 2.00. The molecule has 3 heteroatoms. The standard InChI is InChI=1S/C16H25NO2/c1-11(2)14-7-5-13(6-8-14)9-17-10-15(12(3)4)16(18)19/h5-8,11-12,15,17H,9-10H2,1-4H3,(H,18,19). The zero-order valence-corrected chi connectivity index (χ0v) is 12.3. The monoisotopic (exact) mass is 263 g/mol. The van der Waals surface area contributed by atoms with Gasteiger partial charge in [-0.25, -0.2) is 0 Å². The lowest BCUT2D eigenvalue weighted by molar-refractivity contribution is -0.143. The summed E-state index contributed by atoms with van der Waals surface area (Å²) in [5.41, 5.74) is 2.52. The van der Waals surface area contributed by atoms with Gasteiger partial charge >= 0.3 is 5.97 Å². The summed E-state index contributed by atoms with van der Waals surface area (Å²) in [6.07, 6.45) is 0. The zero-order chi connectivity index (χ0) is 14.4. The maximum Gasteiger partial charge on any atom is 0.308 e. The smallest absolute Gasteiger partial charge is 0.308 e. The third kappa shape index (κ3) is 5.03. The Morgan fingerprint density at radius 3 is 2.16 bits per heavy atom. The Morgan fingerprint density at radius 1 is 1.16 bits per heavy atom. The van der Waals surface area contributed by atoms with Crippen LogP contribution in [-0.4, -0.2) is 17.6 Å². The van der Waals surface area contributed by atoms with E-state index in [4.69, 9.17) is 5.11 Å². The molecule has 0 amide bonds. The number of hydrogen-bond donors (Lipinski definition) is 2. The number of carboxylic acids is 1. The van der Waals surface area contributed by atoms with Crippen LogP contribution in [0.15, 0.2) is 24.3 Å². The summed E-state index contributed by atoms with van der Waals surface area (Å²) in [4.78, 5) is 11.1. The number of carbonyl (C=O) groups is 1. The topological polar surface area (TPSA) is 49.3 Å². The Labute approximate surface area is 116 Å². The Kier molecular flexibility index (Phi) is 6.03. The molecule has 0 heterocycles. The van der Waals surface area contributed by atoms with E-state index in [1.54, 1.807) is 0 Å². The van der Waals surface area contributed by atoms with Crippen molar-refractivity contribution in [1.29, 1.82) is 0 Å². The fourth-order valence-corrected chi connectivity index (χ4v) is 2.00. The van der Waals surface area contributed by atoms with Crippen molar-refractivity contribution in [3.05, 3.63) is 35.4 Å². The second-order valence-electron chi connectivity index (χ2n) is 5.72. The van der Waals surface area contributed by atoms with E-state index in [1.807, 2.05) is 13.8 Å². The van der Waals surface area contributed by atoms with Gasteiger partial charge in [0.05, 0.1) is 5.92 Å². The molecule has 19 heavy (non-hydrogen) atoms. The molecule has 0 saturated carbocycles. The molecule has 0 aromatic heterocycles. The predicted molar refractivity (Wildman–Crippen MR) is 78.2 cm³/mol. The van der Waals surface area contributed by atoms with Gasteiger partial charge in [0.2, 0.25) is 0 Å². The molecule has 0 aliphatic heterocycles. The van der Waals surface area contributed by atoms with E-state index in [9.17, 15) is 4.79 Å². The molecule has 2 N–H and O–H groups in total. The minimum absolute atomic E-state index is 0.147. The van der Waals surface area contributed by atoms with Gasteiger partial charge in [-0.15, -0.1) is 0 Å². The molecule has 1 unspecified atom stereocenters. The van der Waals surface area contributed by atoms with Crippen molar-refractivity contribution >= 4 is 5.97 Å². The second kappa shape index (κ2) is 7.29. The van der Waals surface area contributed by atoms with Crippen LogP contribution in [0.25, 0.3) is 0 Å². The minimum atomic E-state index is -0.724. The molecule has 0 bridgehead atoms. The van der Waals surface area contributed by atoms with Gasteiger partial charge in [0.15, 0.2) is 0 Å². The lowest BCUT2D eigenvalue weighted by Crippen LogP contribution is -2.31. The van der Waals surface area contributed by atoms with Crippen LogP contribution < -0.4 is 5.32 Å². The summed E-state index contributed by atoms with van der Waals surface area (Å²) in [6, 6.07) is 8.48. The zero-order valence-electron chi connectivity index (χ0n) is 12.3. The largest absolute Gasteiger partial charge is 0.481 e. The first-order valence-corrected chi connectivity index (χ1v) is 6.94. The molecular weight excluding hydrogens is 238 g/mol. The first-order chi connectivity index (χ1) is 8.91. The van der Waals surface area contributed by atoms with E-state index in [1.165, 1.54) is 11.1 Å². The number of aliphatic carboxylic acids is 1. The number of carboxylic acid groups (broad SMARTS) is 1. The van der Waals surface area contributed by atoms with E-state index in [0.29, 0.717) is 12.5 Å². The van der Waals surface area contributed by atoms with E-state index in [2.05, 4.69) is 43.4 Å². The van der Waals surface area contributed by atoms with Gasteiger partial charge in [0, 0.05) is 13.1 Å². The third-order valence-electron chi connectivity index (χ3n) is 3.46. The van der Waals surface area contributed by atoms with Crippen LogP contribution in [0, 0.1) is 11.8 Å². The molecule has 3 nitrogen and oxygen atoms in total. The minimum Gasteiger partial charge on any atom is -0.481 e. The molecule has 0 fully saturated rings. The van der Waals surface area contributed by atoms with Crippen LogP contribution in [-0.2, 0) is 11.3 Å². The average molecular weight is 263 g/mol. The van der Waals surface area contributed by atoms with E-state index < -0.39 is 5.97 Å². The van der Waals surface area contributed by atoms with Crippen LogP contribution in [0.1, 0.15) is 44.7 Å². The number of hydrogen-bond acceptors (Lipinski definition) is 2. The third-order valence-corrected chi connectivity index (χ3v) is 3.46. The maximum absolute atomic E-state index is 11.1. The first kappa shape index (κ1) is 15.7. The van der Waals surface area contributed by atoms with Crippen LogP contribution >= 0.6 is 0 Å².